The number of rotatable bonds is 5. The number of hydrogen-bond acceptors (Lipinski definition) is 3. The average molecular weight is 385 g/mol. The van der Waals surface area contributed by atoms with E-state index in [1.54, 1.807) is 35.2 Å². The van der Waals surface area contributed by atoms with E-state index in [2.05, 4.69) is 4.72 Å². The SMILES string of the molecule is CC(=O)N(c1ccccc1NS(=O)(=O)c1ccc2c(c1)CCCC2)C1CC1. The Kier molecular flexibility index (Phi) is 4.68. The maximum absolute atomic E-state index is 13.0. The lowest BCUT2D eigenvalue weighted by Gasteiger charge is -2.24. The third-order valence-corrected chi connectivity index (χ3v) is 6.65. The van der Waals surface area contributed by atoms with Gasteiger partial charge in [-0.25, -0.2) is 8.42 Å². The van der Waals surface area contributed by atoms with Crippen LogP contribution in [0.5, 0.6) is 0 Å². The molecule has 0 radical (unpaired) electrons. The van der Waals surface area contributed by atoms with Crippen molar-refractivity contribution < 1.29 is 13.2 Å². The molecule has 0 spiro atoms. The highest BCUT2D eigenvalue weighted by molar-refractivity contribution is 7.92. The van der Waals surface area contributed by atoms with Crippen LogP contribution in [0.1, 0.15) is 43.7 Å². The Balaban J connectivity index is 1.67. The van der Waals surface area contributed by atoms with E-state index in [0.717, 1.165) is 44.1 Å². The van der Waals surface area contributed by atoms with E-state index in [-0.39, 0.29) is 16.8 Å². The molecule has 0 aromatic heterocycles. The summed E-state index contributed by atoms with van der Waals surface area (Å²) in [6, 6.07) is 12.7. The third-order valence-electron chi connectivity index (χ3n) is 5.29. The summed E-state index contributed by atoms with van der Waals surface area (Å²) < 4.78 is 28.7. The van der Waals surface area contributed by atoms with E-state index in [0.29, 0.717) is 11.4 Å². The number of nitrogens with zero attached hydrogens (tertiary/aromatic N) is 1. The number of hydrogen-bond donors (Lipinski definition) is 1. The molecule has 0 atom stereocenters. The van der Waals surface area contributed by atoms with Crippen LogP contribution in [-0.4, -0.2) is 20.4 Å². The molecule has 0 bridgehead atoms. The fraction of sp³-hybridized carbons (Fsp3) is 0.381. The minimum absolute atomic E-state index is 0.0714. The van der Waals surface area contributed by atoms with Crippen molar-refractivity contribution in [2.45, 2.75) is 56.4 Å². The molecule has 6 heteroatoms. The topological polar surface area (TPSA) is 66.5 Å². The van der Waals surface area contributed by atoms with Gasteiger partial charge in [0.2, 0.25) is 5.91 Å². The first kappa shape index (κ1) is 18.0. The number of amides is 1. The molecular weight excluding hydrogens is 360 g/mol. The number of benzene rings is 2. The number of anilines is 2. The van der Waals surface area contributed by atoms with E-state index in [9.17, 15) is 13.2 Å². The molecule has 0 unspecified atom stereocenters. The molecular formula is C21H24N2O3S. The summed E-state index contributed by atoms with van der Waals surface area (Å²) in [5, 5.41) is 0. The van der Waals surface area contributed by atoms with Gasteiger partial charge in [-0.2, -0.15) is 0 Å². The van der Waals surface area contributed by atoms with Crippen LogP contribution >= 0.6 is 0 Å². The normalized spacial score (nSPS) is 16.5. The molecule has 0 saturated heterocycles. The summed E-state index contributed by atoms with van der Waals surface area (Å²) in [5.41, 5.74) is 3.43. The molecule has 142 valence electrons. The summed E-state index contributed by atoms with van der Waals surface area (Å²) >= 11 is 0. The van der Waals surface area contributed by atoms with Crippen LogP contribution in [-0.2, 0) is 27.7 Å². The van der Waals surface area contributed by atoms with Gasteiger partial charge in [0.1, 0.15) is 0 Å². The van der Waals surface area contributed by atoms with Gasteiger partial charge < -0.3 is 4.90 Å². The van der Waals surface area contributed by atoms with Gasteiger partial charge in [-0.3, -0.25) is 9.52 Å². The average Bonchev–Trinajstić information content (AvgIpc) is 3.47. The highest BCUT2D eigenvalue weighted by Gasteiger charge is 2.33. The van der Waals surface area contributed by atoms with Crippen molar-refractivity contribution in [1.82, 2.24) is 0 Å². The van der Waals surface area contributed by atoms with Gasteiger partial charge in [0, 0.05) is 13.0 Å². The Morgan fingerprint density at radius 3 is 2.44 bits per heavy atom. The number of para-hydroxylation sites is 2. The van der Waals surface area contributed by atoms with Crippen molar-refractivity contribution in [1.29, 1.82) is 0 Å². The van der Waals surface area contributed by atoms with Crippen LogP contribution in [0.15, 0.2) is 47.4 Å². The van der Waals surface area contributed by atoms with Crippen molar-refractivity contribution in [2.75, 3.05) is 9.62 Å². The molecule has 2 aliphatic rings. The van der Waals surface area contributed by atoms with Gasteiger partial charge in [-0.15, -0.1) is 0 Å². The maximum Gasteiger partial charge on any atom is 0.261 e. The van der Waals surface area contributed by atoms with Crippen molar-refractivity contribution in [3.8, 4) is 0 Å². The van der Waals surface area contributed by atoms with Crippen LogP contribution in [0.3, 0.4) is 0 Å². The van der Waals surface area contributed by atoms with Crippen LogP contribution in [0, 0.1) is 0 Å². The molecule has 1 N–H and O–H groups in total. The number of carbonyl (C=O) groups excluding carboxylic acids is 1. The molecule has 2 aromatic carbocycles. The number of sulfonamides is 1. The van der Waals surface area contributed by atoms with Gasteiger partial charge in [0.15, 0.2) is 0 Å². The lowest BCUT2D eigenvalue weighted by atomic mass is 9.92. The van der Waals surface area contributed by atoms with Crippen molar-refractivity contribution in [2.24, 2.45) is 0 Å². The molecule has 0 aliphatic heterocycles. The van der Waals surface area contributed by atoms with Crippen LogP contribution in [0.25, 0.3) is 0 Å². The minimum atomic E-state index is -3.72. The Morgan fingerprint density at radius 1 is 1.04 bits per heavy atom. The number of carbonyl (C=O) groups is 1. The highest BCUT2D eigenvalue weighted by atomic mass is 32.2. The maximum atomic E-state index is 13.0. The molecule has 0 heterocycles. The fourth-order valence-corrected chi connectivity index (χ4v) is 4.93. The first-order valence-electron chi connectivity index (χ1n) is 9.49. The fourth-order valence-electron chi connectivity index (χ4n) is 3.81. The largest absolute Gasteiger partial charge is 0.308 e. The van der Waals surface area contributed by atoms with Gasteiger partial charge in [0.25, 0.3) is 10.0 Å². The summed E-state index contributed by atoms with van der Waals surface area (Å²) in [5.74, 6) is -0.0714. The quantitative estimate of drug-likeness (QED) is 0.851. The van der Waals surface area contributed by atoms with Gasteiger partial charge >= 0.3 is 0 Å². The summed E-state index contributed by atoms with van der Waals surface area (Å²) in [7, 11) is -3.72. The van der Waals surface area contributed by atoms with Gasteiger partial charge in [-0.1, -0.05) is 18.2 Å². The molecule has 2 aliphatic carbocycles. The summed E-state index contributed by atoms with van der Waals surface area (Å²) in [6.45, 7) is 1.52. The van der Waals surface area contributed by atoms with Crippen molar-refractivity contribution in [3.05, 3.63) is 53.6 Å². The van der Waals surface area contributed by atoms with E-state index >= 15 is 0 Å². The van der Waals surface area contributed by atoms with Gasteiger partial charge in [0.05, 0.1) is 16.3 Å². The Bertz CT molecular complexity index is 981. The second kappa shape index (κ2) is 7.00. The first-order valence-corrected chi connectivity index (χ1v) is 11.0. The molecule has 27 heavy (non-hydrogen) atoms. The van der Waals surface area contributed by atoms with E-state index in [4.69, 9.17) is 0 Å². The van der Waals surface area contributed by atoms with Crippen LogP contribution < -0.4 is 9.62 Å². The standard InChI is InChI=1S/C21H24N2O3S/c1-15(24)23(18-11-12-18)21-9-5-4-8-20(21)22-27(25,26)19-13-10-16-6-2-3-7-17(16)14-19/h4-5,8-10,13-14,18,22H,2-3,6-7,11-12H2,1H3. The first-order chi connectivity index (χ1) is 13.0. The number of aryl methyl sites for hydroxylation is 2. The predicted octanol–water partition coefficient (Wildman–Crippen LogP) is 3.88. The predicted molar refractivity (Wildman–Crippen MR) is 107 cm³/mol. The second-order valence-electron chi connectivity index (χ2n) is 7.38. The zero-order chi connectivity index (χ0) is 19.0. The summed E-state index contributed by atoms with van der Waals surface area (Å²) in [6.07, 6.45) is 6.10. The molecule has 5 nitrogen and oxygen atoms in total. The number of fused-ring (bicyclic) bond motifs is 1. The van der Waals surface area contributed by atoms with E-state index < -0.39 is 10.0 Å². The molecule has 1 amide bonds. The second-order valence-corrected chi connectivity index (χ2v) is 9.06. The zero-order valence-corrected chi connectivity index (χ0v) is 16.3. The Morgan fingerprint density at radius 2 is 1.74 bits per heavy atom. The van der Waals surface area contributed by atoms with Crippen LogP contribution in [0.2, 0.25) is 0 Å². The highest BCUT2D eigenvalue weighted by Crippen LogP contribution is 2.37. The third kappa shape index (κ3) is 3.72. The molecule has 1 saturated carbocycles. The Hall–Kier alpha value is -2.34. The smallest absolute Gasteiger partial charge is 0.261 e. The monoisotopic (exact) mass is 384 g/mol. The van der Waals surface area contributed by atoms with Crippen molar-refractivity contribution in [3.63, 3.8) is 0 Å². The zero-order valence-electron chi connectivity index (χ0n) is 15.4. The molecule has 1 fully saturated rings. The Labute approximate surface area is 160 Å². The van der Waals surface area contributed by atoms with Gasteiger partial charge in [-0.05, 0) is 73.9 Å². The van der Waals surface area contributed by atoms with Crippen LogP contribution in [0.4, 0.5) is 11.4 Å². The summed E-state index contributed by atoms with van der Waals surface area (Å²) in [4.78, 5) is 14.1. The minimum Gasteiger partial charge on any atom is -0.308 e. The van der Waals surface area contributed by atoms with E-state index in [1.807, 2.05) is 12.1 Å². The lowest BCUT2D eigenvalue weighted by molar-refractivity contribution is -0.116. The lowest BCUT2D eigenvalue weighted by Crippen LogP contribution is -2.31. The molecule has 4 rings (SSSR count). The number of nitrogens with one attached hydrogen (secondary N) is 1. The van der Waals surface area contributed by atoms with Crippen molar-refractivity contribution >= 4 is 27.3 Å². The molecule has 2 aromatic rings. The van der Waals surface area contributed by atoms with E-state index in [1.165, 1.54) is 12.5 Å².